The first-order valence-corrected chi connectivity index (χ1v) is 4.32. The molecule has 0 bridgehead atoms. The number of halogens is 1. The molecule has 0 unspecified atom stereocenters. The predicted octanol–water partition coefficient (Wildman–Crippen LogP) is 0.499. The molecule has 0 saturated carbocycles. The topological polar surface area (TPSA) is 23.6 Å². The molecule has 1 fully saturated rings. The van der Waals surface area contributed by atoms with Gasteiger partial charge in [-0.1, -0.05) is 0 Å². The van der Waals surface area contributed by atoms with Crippen LogP contribution in [0.25, 0.3) is 0 Å². The fourth-order valence-electron chi connectivity index (χ4n) is 1.08. The summed E-state index contributed by atoms with van der Waals surface area (Å²) in [5.41, 5.74) is 0. The quantitative estimate of drug-likeness (QED) is 0.386. The second-order valence-electron chi connectivity index (χ2n) is 2.56. The van der Waals surface area contributed by atoms with Crippen molar-refractivity contribution in [3.05, 3.63) is 0 Å². The molecular formula is C6H11IN2O. The number of hydrogen-bond acceptors (Lipinski definition) is 2. The van der Waals surface area contributed by atoms with Crippen LogP contribution in [0.3, 0.4) is 0 Å². The maximum absolute atomic E-state index is 10.4. The minimum absolute atomic E-state index is 0.378. The highest BCUT2D eigenvalue weighted by molar-refractivity contribution is 14.1. The van der Waals surface area contributed by atoms with Crippen LogP contribution in [0, 0.1) is 0 Å². The van der Waals surface area contributed by atoms with Crippen molar-refractivity contribution in [2.75, 3.05) is 19.6 Å². The van der Waals surface area contributed by atoms with Gasteiger partial charge in [0.2, 0.25) is 6.41 Å². The molecule has 1 rings (SSSR count). The van der Waals surface area contributed by atoms with Crippen molar-refractivity contribution in [3.8, 4) is 0 Å². The summed E-state index contributed by atoms with van der Waals surface area (Å²) in [6.07, 6.45) is 0.939. The van der Waals surface area contributed by atoms with E-state index in [1.807, 2.05) is 4.90 Å². The monoisotopic (exact) mass is 254 g/mol. The van der Waals surface area contributed by atoms with Crippen molar-refractivity contribution >= 4 is 29.3 Å². The van der Waals surface area contributed by atoms with E-state index in [1.165, 1.54) is 0 Å². The highest BCUT2D eigenvalue weighted by Crippen LogP contribution is 2.10. The van der Waals surface area contributed by atoms with Gasteiger partial charge < -0.3 is 4.90 Å². The SMILES string of the molecule is C[C@@H]1CN(I)CCN1C=O. The van der Waals surface area contributed by atoms with E-state index >= 15 is 0 Å². The fourth-order valence-corrected chi connectivity index (χ4v) is 1.87. The van der Waals surface area contributed by atoms with Crippen molar-refractivity contribution < 1.29 is 4.79 Å². The largest absolute Gasteiger partial charge is 0.340 e. The summed E-state index contributed by atoms with van der Waals surface area (Å²) in [6.45, 7) is 4.91. The molecule has 1 aliphatic heterocycles. The van der Waals surface area contributed by atoms with Crippen LogP contribution < -0.4 is 0 Å². The zero-order chi connectivity index (χ0) is 7.56. The third-order valence-corrected chi connectivity index (χ3v) is 2.64. The molecule has 4 heteroatoms. The molecule has 0 N–H and O–H groups in total. The van der Waals surface area contributed by atoms with E-state index in [2.05, 4.69) is 32.9 Å². The van der Waals surface area contributed by atoms with Gasteiger partial charge >= 0.3 is 0 Å². The maximum atomic E-state index is 10.4. The second-order valence-corrected chi connectivity index (χ2v) is 3.93. The van der Waals surface area contributed by atoms with Crippen LogP contribution in [0.4, 0.5) is 0 Å². The van der Waals surface area contributed by atoms with Gasteiger partial charge in [0.1, 0.15) is 0 Å². The minimum Gasteiger partial charge on any atom is -0.340 e. The summed E-state index contributed by atoms with van der Waals surface area (Å²) < 4.78 is 2.21. The Balaban J connectivity index is 2.43. The standard InChI is InChI=1S/C6H11IN2O/c1-6-4-9(7)3-2-8(6)5-10/h5-6H,2-4H2,1H3/t6-/m1/s1. The first-order chi connectivity index (χ1) is 4.74. The van der Waals surface area contributed by atoms with Gasteiger partial charge in [0, 0.05) is 48.5 Å². The van der Waals surface area contributed by atoms with Crippen molar-refractivity contribution in [3.63, 3.8) is 0 Å². The number of nitrogens with zero attached hydrogens (tertiary/aromatic N) is 2. The van der Waals surface area contributed by atoms with Gasteiger partial charge in [-0.05, 0) is 6.92 Å². The molecule has 1 atom stereocenters. The Hall–Kier alpha value is 0.160. The van der Waals surface area contributed by atoms with Gasteiger partial charge in [-0.3, -0.25) is 4.79 Å². The zero-order valence-corrected chi connectivity index (χ0v) is 8.11. The fraction of sp³-hybridized carbons (Fsp3) is 0.833. The number of carbonyl (C=O) groups is 1. The van der Waals surface area contributed by atoms with E-state index in [0.717, 1.165) is 26.0 Å². The van der Waals surface area contributed by atoms with Crippen LogP contribution in [0.5, 0.6) is 0 Å². The van der Waals surface area contributed by atoms with Gasteiger partial charge in [0.25, 0.3) is 0 Å². The van der Waals surface area contributed by atoms with Crippen molar-refractivity contribution in [1.82, 2.24) is 8.01 Å². The van der Waals surface area contributed by atoms with Crippen LogP contribution in [0.2, 0.25) is 0 Å². The van der Waals surface area contributed by atoms with E-state index in [9.17, 15) is 4.79 Å². The highest BCUT2D eigenvalue weighted by Gasteiger charge is 2.19. The molecule has 0 aromatic carbocycles. The molecule has 10 heavy (non-hydrogen) atoms. The normalized spacial score (nSPS) is 28.6. The van der Waals surface area contributed by atoms with Crippen molar-refractivity contribution in [1.29, 1.82) is 0 Å². The third kappa shape index (κ3) is 1.82. The van der Waals surface area contributed by atoms with Crippen molar-refractivity contribution in [2.24, 2.45) is 0 Å². The summed E-state index contributed by atoms with van der Waals surface area (Å²) in [5.74, 6) is 0. The summed E-state index contributed by atoms with van der Waals surface area (Å²) >= 11 is 2.29. The maximum Gasteiger partial charge on any atom is 0.210 e. The molecule has 0 aromatic rings. The molecule has 1 heterocycles. The molecule has 3 nitrogen and oxygen atoms in total. The lowest BCUT2D eigenvalue weighted by molar-refractivity contribution is -0.121. The van der Waals surface area contributed by atoms with Crippen LogP contribution in [-0.2, 0) is 4.79 Å². The first kappa shape index (κ1) is 8.26. The molecule has 0 radical (unpaired) electrons. The molecule has 0 spiro atoms. The van der Waals surface area contributed by atoms with Crippen LogP contribution in [-0.4, -0.2) is 40.1 Å². The van der Waals surface area contributed by atoms with E-state index in [-0.39, 0.29) is 0 Å². The second kappa shape index (κ2) is 3.52. The van der Waals surface area contributed by atoms with Crippen molar-refractivity contribution in [2.45, 2.75) is 13.0 Å². The number of piperazine rings is 1. The molecule has 0 aliphatic carbocycles. The van der Waals surface area contributed by atoms with E-state index < -0.39 is 0 Å². The smallest absolute Gasteiger partial charge is 0.210 e. The van der Waals surface area contributed by atoms with E-state index in [1.54, 1.807) is 0 Å². The Labute approximate surface area is 74.9 Å². The predicted molar refractivity (Wildman–Crippen MR) is 47.8 cm³/mol. The molecule has 1 saturated heterocycles. The molecular weight excluding hydrogens is 243 g/mol. The lowest BCUT2D eigenvalue weighted by Gasteiger charge is -2.34. The number of rotatable bonds is 1. The Morgan fingerprint density at radius 2 is 2.30 bits per heavy atom. The average Bonchev–Trinajstić information content (AvgIpc) is 1.88. The van der Waals surface area contributed by atoms with Gasteiger partial charge in [-0.15, -0.1) is 0 Å². The van der Waals surface area contributed by atoms with Gasteiger partial charge in [0.15, 0.2) is 0 Å². The summed E-state index contributed by atoms with van der Waals surface area (Å²) in [7, 11) is 0. The Morgan fingerprint density at radius 1 is 1.60 bits per heavy atom. The Morgan fingerprint density at radius 3 is 2.80 bits per heavy atom. The average molecular weight is 254 g/mol. The summed E-state index contributed by atoms with van der Waals surface area (Å²) in [5, 5.41) is 0. The van der Waals surface area contributed by atoms with Crippen LogP contribution in [0.15, 0.2) is 0 Å². The summed E-state index contributed by atoms with van der Waals surface area (Å²) in [4.78, 5) is 12.2. The van der Waals surface area contributed by atoms with Gasteiger partial charge in [-0.2, -0.15) is 0 Å². The third-order valence-electron chi connectivity index (χ3n) is 1.76. The first-order valence-electron chi connectivity index (χ1n) is 3.36. The highest BCUT2D eigenvalue weighted by atomic mass is 127. The van der Waals surface area contributed by atoms with Gasteiger partial charge in [-0.25, -0.2) is 3.11 Å². The van der Waals surface area contributed by atoms with Crippen LogP contribution in [0.1, 0.15) is 6.92 Å². The lowest BCUT2D eigenvalue weighted by atomic mass is 10.2. The molecule has 1 aliphatic rings. The lowest BCUT2D eigenvalue weighted by Crippen LogP contribution is -2.47. The number of hydrogen-bond donors (Lipinski definition) is 0. The van der Waals surface area contributed by atoms with Gasteiger partial charge in [0.05, 0.1) is 0 Å². The Bertz CT molecular complexity index is 131. The zero-order valence-electron chi connectivity index (χ0n) is 5.96. The minimum atomic E-state index is 0.378. The molecule has 58 valence electrons. The molecule has 1 amide bonds. The Kier molecular flexibility index (Phi) is 2.91. The summed E-state index contributed by atoms with van der Waals surface area (Å²) in [6, 6.07) is 0.378. The van der Waals surface area contributed by atoms with Crippen LogP contribution >= 0.6 is 22.9 Å². The number of amides is 1. The molecule has 0 aromatic heterocycles. The number of carbonyl (C=O) groups excluding carboxylic acids is 1. The van der Waals surface area contributed by atoms with E-state index in [0.29, 0.717) is 6.04 Å². The van der Waals surface area contributed by atoms with E-state index in [4.69, 9.17) is 0 Å².